The van der Waals surface area contributed by atoms with Crippen LogP contribution in [-0.2, 0) is 4.74 Å². The van der Waals surface area contributed by atoms with Crippen LogP contribution < -0.4 is 5.01 Å². The van der Waals surface area contributed by atoms with E-state index in [-0.39, 0.29) is 5.76 Å². The van der Waals surface area contributed by atoms with Crippen molar-refractivity contribution in [1.29, 1.82) is 0 Å². The van der Waals surface area contributed by atoms with E-state index in [2.05, 4.69) is 0 Å². The van der Waals surface area contributed by atoms with Crippen molar-refractivity contribution in [3.63, 3.8) is 0 Å². The number of ether oxygens (including phenoxy) is 1. The maximum atomic E-state index is 12.8. The highest BCUT2D eigenvalue weighted by molar-refractivity contribution is 6.05. The molecule has 0 saturated carbocycles. The number of para-hydroxylation sites is 1. The lowest BCUT2D eigenvalue weighted by Crippen LogP contribution is -2.48. The molecule has 0 aliphatic carbocycles. The Labute approximate surface area is 128 Å². The van der Waals surface area contributed by atoms with E-state index in [4.69, 9.17) is 9.15 Å². The molecule has 0 atom stereocenters. The fourth-order valence-electron chi connectivity index (χ4n) is 2.25. The van der Waals surface area contributed by atoms with E-state index in [1.165, 1.54) is 25.4 Å². The number of hydrazine groups is 1. The molecule has 0 saturated heterocycles. The molecule has 0 radical (unpaired) electrons. The van der Waals surface area contributed by atoms with Gasteiger partial charge < -0.3 is 9.15 Å². The minimum absolute atomic E-state index is 0.137. The van der Waals surface area contributed by atoms with Crippen LogP contribution in [0.15, 0.2) is 41.0 Å². The number of amides is 2. The van der Waals surface area contributed by atoms with Crippen LogP contribution in [-0.4, -0.2) is 31.2 Å². The summed E-state index contributed by atoms with van der Waals surface area (Å²) in [6.45, 7) is 3.74. The van der Waals surface area contributed by atoms with Gasteiger partial charge in [0.15, 0.2) is 5.76 Å². The van der Waals surface area contributed by atoms with Crippen molar-refractivity contribution in [2.24, 2.45) is 0 Å². The molecular weight excluding hydrogens is 284 g/mol. The van der Waals surface area contributed by atoms with Crippen molar-refractivity contribution in [3.05, 3.63) is 53.5 Å². The lowest BCUT2D eigenvalue weighted by Gasteiger charge is -2.32. The van der Waals surface area contributed by atoms with Crippen molar-refractivity contribution in [2.75, 3.05) is 19.2 Å². The number of aryl methyl sites for hydroxylation is 2. The highest BCUT2D eigenvalue weighted by Crippen LogP contribution is 2.27. The minimum atomic E-state index is -0.650. The second-order valence-electron chi connectivity index (χ2n) is 4.83. The maximum absolute atomic E-state index is 12.8. The number of carbonyl (C=O) groups excluding carboxylic acids is 2. The summed E-state index contributed by atoms with van der Waals surface area (Å²) in [6, 6.07) is 8.80. The SMILES string of the molecule is COC(=O)N(C)N(C(=O)c1ccco1)c1c(C)cccc1C. The molecule has 1 heterocycles. The molecule has 0 aliphatic heterocycles. The van der Waals surface area contributed by atoms with Crippen LogP contribution in [0.2, 0.25) is 0 Å². The zero-order valence-corrected chi connectivity index (χ0v) is 13.0. The molecule has 6 nitrogen and oxygen atoms in total. The third kappa shape index (κ3) is 2.81. The molecule has 2 aromatic rings. The third-order valence-electron chi connectivity index (χ3n) is 3.31. The number of carbonyl (C=O) groups is 2. The number of anilines is 1. The number of furan rings is 1. The van der Waals surface area contributed by atoms with Gasteiger partial charge >= 0.3 is 12.0 Å². The highest BCUT2D eigenvalue weighted by atomic mass is 16.5. The molecule has 0 fully saturated rings. The van der Waals surface area contributed by atoms with E-state index in [1.807, 2.05) is 32.0 Å². The molecule has 0 aliphatic rings. The molecule has 116 valence electrons. The monoisotopic (exact) mass is 302 g/mol. The molecule has 2 amide bonds. The fourth-order valence-corrected chi connectivity index (χ4v) is 2.25. The zero-order valence-electron chi connectivity index (χ0n) is 13.0. The van der Waals surface area contributed by atoms with Crippen LogP contribution in [0.1, 0.15) is 21.7 Å². The Morgan fingerprint density at radius 1 is 1.09 bits per heavy atom. The summed E-state index contributed by atoms with van der Waals surface area (Å²) in [5.74, 6) is -0.311. The van der Waals surface area contributed by atoms with Gasteiger partial charge in [-0.25, -0.2) is 14.8 Å². The summed E-state index contributed by atoms with van der Waals surface area (Å²) in [5, 5.41) is 2.38. The summed E-state index contributed by atoms with van der Waals surface area (Å²) in [5.41, 5.74) is 2.34. The first-order chi connectivity index (χ1) is 10.5. The molecule has 0 N–H and O–H groups in total. The van der Waals surface area contributed by atoms with Gasteiger partial charge in [-0.05, 0) is 37.1 Å². The molecule has 22 heavy (non-hydrogen) atoms. The predicted octanol–water partition coefficient (Wildman–Crippen LogP) is 3.16. The summed E-state index contributed by atoms with van der Waals surface area (Å²) in [6.07, 6.45) is 0.761. The third-order valence-corrected chi connectivity index (χ3v) is 3.31. The normalized spacial score (nSPS) is 10.2. The summed E-state index contributed by atoms with van der Waals surface area (Å²) in [4.78, 5) is 24.7. The zero-order chi connectivity index (χ0) is 16.3. The minimum Gasteiger partial charge on any atom is -0.459 e. The van der Waals surface area contributed by atoms with E-state index in [9.17, 15) is 9.59 Å². The van der Waals surface area contributed by atoms with E-state index < -0.39 is 12.0 Å². The number of nitrogens with zero attached hydrogens (tertiary/aromatic N) is 2. The second kappa shape index (κ2) is 6.34. The Hall–Kier alpha value is -2.76. The topological polar surface area (TPSA) is 63.0 Å². The number of hydrogen-bond acceptors (Lipinski definition) is 4. The van der Waals surface area contributed by atoms with E-state index in [1.54, 1.807) is 12.1 Å². The van der Waals surface area contributed by atoms with Crippen molar-refractivity contribution in [1.82, 2.24) is 5.01 Å². The van der Waals surface area contributed by atoms with Gasteiger partial charge in [0.25, 0.3) is 0 Å². The van der Waals surface area contributed by atoms with Crippen LogP contribution in [0.4, 0.5) is 10.5 Å². The van der Waals surface area contributed by atoms with Gasteiger partial charge in [-0.1, -0.05) is 18.2 Å². The quantitative estimate of drug-likeness (QED) is 0.799. The Kier molecular flexibility index (Phi) is 4.50. The van der Waals surface area contributed by atoms with Crippen LogP contribution in [0.5, 0.6) is 0 Å². The van der Waals surface area contributed by atoms with Crippen LogP contribution in [0, 0.1) is 13.8 Å². The van der Waals surface area contributed by atoms with E-state index in [0.29, 0.717) is 5.69 Å². The van der Waals surface area contributed by atoms with Gasteiger partial charge in [-0.15, -0.1) is 0 Å². The predicted molar refractivity (Wildman–Crippen MR) is 81.6 cm³/mol. The number of methoxy groups -OCH3 is 1. The Bertz CT molecular complexity index is 659. The van der Waals surface area contributed by atoms with Crippen molar-refractivity contribution >= 4 is 17.7 Å². The number of rotatable bonds is 2. The first-order valence-electron chi connectivity index (χ1n) is 6.73. The first kappa shape index (κ1) is 15.6. The van der Waals surface area contributed by atoms with E-state index >= 15 is 0 Å². The molecule has 1 aromatic carbocycles. The van der Waals surface area contributed by atoms with Gasteiger partial charge in [0.05, 0.1) is 19.1 Å². The average molecular weight is 302 g/mol. The average Bonchev–Trinajstić information content (AvgIpc) is 3.03. The largest absolute Gasteiger partial charge is 0.459 e. The summed E-state index contributed by atoms with van der Waals surface area (Å²) >= 11 is 0. The van der Waals surface area contributed by atoms with Crippen LogP contribution >= 0.6 is 0 Å². The highest BCUT2D eigenvalue weighted by Gasteiger charge is 2.30. The molecular formula is C16H18N2O4. The molecule has 0 unspecified atom stereocenters. The number of benzene rings is 1. The van der Waals surface area contributed by atoms with Gasteiger partial charge in [-0.2, -0.15) is 0 Å². The van der Waals surface area contributed by atoms with Crippen LogP contribution in [0.3, 0.4) is 0 Å². The first-order valence-corrected chi connectivity index (χ1v) is 6.73. The smallest absolute Gasteiger partial charge is 0.428 e. The Balaban J connectivity index is 2.55. The van der Waals surface area contributed by atoms with E-state index in [0.717, 1.165) is 16.1 Å². The molecule has 0 bridgehead atoms. The maximum Gasteiger partial charge on any atom is 0.428 e. The fraction of sp³-hybridized carbons (Fsp3) is 0.250. The van der Waals surface area contributed by atoms with Crippen LogP contribution in [0.25, 0.3) is 0 Å². The molecule has 6 heteroatoms. The molecule has 0 spiro atoms. The van der Waals surface area contributed by atoms with Crippen molar-refractivity contribution in [2.45, 2.75) is 13.8 Å². The Morgan fingerprint density at radius 2 is 1.73 bits per heavy atom. The van der Waals surface area contributed by atoms with Gasteiger partial charge in [0.1, 0.15) is 0 Å². The lowest BCUT2D eigenvalue weighted by atomic mass is 10.1. The summed E-state index contributed by atoms with van der Waals surface area (Å²) in [7, 11) is 2.73. The molecule has 2 rings (SSSR count). The molecule has 1 aromatic heterocycles. The lowest BCUT2D eigenvalue weighted by molar-refractivity contribution is 0.0844. The summed E-state index contributed by atoms with van der Waals surface area (Å²) < 4.78 is 9.90. The second-order valence-corrected chi connectivity index (χ2v) is 4.83. The van der Waals surface area contributed by atoms with Gasteiger partial charge in [0.2, 0.25) is 0 Å². The van der Waals surface area contributed by atoms with Gasteiger partial charge in [-0.3, -0.25) is 4.79 Å². The van der Waals surface area contributed by atoms with Gasteiger partial charge in [0, 0.05) is 7.05 Å². The van der Waals surface area contributed by atoms with Crippen molar-refractivity contribution < 1.29 is 18.7 Å². The number of hydrogen-bond donors (Lipinski definition) is 0. The standard InChI is InChI=1S/C16H18N2O4/c1-11-7-5-8-12(2)14(11)18(17(3)16(20)21-4)15(19)13-9-6-10-22-13/h5-10H,1-4H3. The van der Waals surface area contributed by atoms with Crippen molar-refractivity contribution in [3.8, 4) is 0 Å². The Morgan fingerprint density at radius 3 is 2.23 bits per heavy atom.